The molecule has 28 heavy (non-hydrogen) atoms. The van der Waals surface area contributed by atoms with E-state index in [4.69, 9.17) is 9.47 Å². The van der Waals surface area contributed by atoms with Gasteiger partial charge in [-0.15, -0.1) is 0 Å². The van der Waals surface area contributed by atoms with E-state index in [1.165, 1.54) is 12.3 Å². The average molecular weight is 384 g/mol. The van der Waals surface area contributed by atoms with Crippen molar-refractivity contribution in [1.29, 1.82) is 0 Å². The van der Waals surface area contributed by atoms with Gasteiger partial charge < -0.3 is 19.4 Å². The molecular weight excluding hydrogens is 360 g/mol. The van der Waals surface area contributed by atoms with Crippen molar-refractivity contribution in [3.63, 3.8) is 0 Å². The first-order valence-electron chi connectivity index (χ1n) is 9.30. The number of Topliss-reactive ketones (excluding diaryl/α,β-unsaturated/α-hetero) is 1. The third kappa shape index (κ3) is 4.79. The fourth-order valence-corrected chi connectivity index (χ4v) is 2.99. The van der Waals surface area contributed by atoms with Gasteiger partial charge in [-0.05, 0) is 56.0 Å². The summed E-state index contributed by atoms with van der Waals surface area (Å²) in [5.74, 6) is -0.552. The normalized spacial score (nSPS) is 13.4. The first kappa shape index (κ1) is 19.7. The van der Waals surface area contributed by atoms with E-state index in [1.807, 2.05) is 26.0 Å². The number of carbonyl (C=O) groups excluding carboxylic acids is 3. The number of ether oxygens (including phenoxy) is 2. The summed E-state index contributed by atoms with van der Waals surface area (Å²) < 4.78 is 10.4. The summed E-state index contributed by atoms with van der Waals surface area (Å²) in [4.78, 5) is 40.9. The first-order chi connectivity index (χ1) is 13.4. The molecule has 0 saturated carbocycles. The van der Waals surface area contributed by atoms with Crippen molar-refractivity contribution >= 4 is 17.7 Å². The standard InChI is InChI=1S/C21H24N2O5/c1-14-5-6-17(9-15(14)2)27-13-20(25)28-12-19(24)16-10-18(22-11-16)21(26)23-7-3-4-8-23/h5-6,9-11,22H,3-4,7-8,12-13H2,1-2H3. The number of nitrogens with zero attached hydrogens (tertiary/aromatic N) is 1. The Labute approximate surface area is 163 Å². The van der Waals surface area contributed by atoms with Crippen molar-refractivity contribution in [3.05, 3.63) is 52.8 Å². The Balaban J connectivity index is 1.46. The number of rotatable bonds is 7. The maximum atomic E-state index is 12.3. The summed E-state index contributed by atoms with van der Waals surface area (Å²) >= 11 is 0. The average Bonchev–Trinajstić information content (AvgIpc) is 3.38. The Morgan fingerprint density at radius 3 is 2.50 bits per heavy atom. The minimum Gasteiger partial charge on any atom is -0.482 e. The second-order valence-corrected chi connectivity index (χ2v) is 6.92. The summed E-state index contributed by atoms with van der Waals surface area (Å²) in [5, 5.41) is 0. The fourth-order valence-electron chi connectivity index (χ4n) is 2.99. The molecule has 1 aliphatic rings. The molecule has 2 heterocycles. The van der Waals surface area contributed by atoms with Gasteiger partial charge in [-0.25, -0.2) is 4.79 Å². The van der Waals surface area contributed by atoms with Gasteiger partial charge in [0.2, 0.25) is 5.78 Å². The zero-order valence-electron chi connectivity index (χ0n) is 16.1. The molecule has 0 atom stereocenters. The third-order valence-corrected chi connectivity index (χ3v) is 4.83. The van der Waals surface area contributed by atoms with Crippen molar-refractivity contribution in [2.75, 3.05) is 26.3 Å². The lowest BCUT2D eigenvalue weighted by atomic mass is 10.1. The summed E-state index contributed by atoms with van der Waals surface area (Å²) in [6.45, 7) is 4.74. The van der Waals surface area contributed by atoms with Gasteiger partial charge in [0, 0.05) is 24.8 Å². The summed E-state index contributed by atoms with van der Waals surface area (Å²) in [5.41, 5.74) is 2.88. The van der Waals surface area contributed by atoms with Crippen LogP contribution in [-0.2, 0) is 9.53 Å². The molecule has 0 aliphatic carbocycles. The number of esters is 1. The molecule has 1 amide bonds. The van der Waals surface area contributed by atoms with Gasteiger partial charge in [-0.1, -0.05) is 6.07 Å². The van der Waals surface area contributed by atoms with Crippen molar-refractivity contribution in [2.24, 2.45) is 0 Å². The number of hydrogen-bond acceptors (Lipinski definition) is 5. The van der Waals surface area contributed by atoms with E-state index in [1.54, 1.807) is 11.0 Å². The number of aromatic nitrogens is 1. The molecule has 1 aliphatic heterocycles. The Bertz CT molecular complexity index is 881. The van der Waals surface area contributed by atoms with Gasteiger partial charge >= 0.3 is 5.97 Å². The van der Waals surface area contributed by atoms with Crippen LogP contribution < -0.4 is 4.74 Å². The lowest BCUT2D eigenvalue weighted by molar-refractivity contribution is -0.144. The molecule has 0 unspecified atom stereocenters. The van der Waals surface area contributed by atoms with E-state index in [2.05, 4.69) is 4.98 Å². The number of carbonyl (C=O) groups is 3. The van der Waals surface area contributed by atoms with Crippen LogP contribution in [0.25, 0.3) is 0 Å². The van der Waals surface area contributed by atoms with E-state index in [0.29, 0.717) is 17.0 Å². The van der Waals surface area contributed by atoms with Crippen LogP contribution >= 0.6 is 0 Å². The molecule has 0 radical (unpaired) electrons. The zero-order valence-corrected chi connectivity index (χ0v) is 16.1. The highest BCUT2D eigenvalue weighted by atomic mass is 16.6. The van der Waals surface area contributed by atoms with Crippen LogP contribution in [-0.4, -0.2) is 53.8 Å². The minimum absolute atomic E-state index is 0.115. The zero-order chi connectivity index (χ0) is 20.1. The number of nitrogens with one attached hydrogen (secondary N) is 1. The number of hydrogen-bond donors (Lipinski definition) is 1. The van der Waals surface area contributed by atoms with Crippen LogP contribution in [0.15, 0.2) is 30.5 Å². The molecule has 0 bridgehead atoms. The molecule has 2 aromatic rings. The van der Waals surface area contributed by atoms with Crippen LogP contribution in [0.1, 0.15) is 44.8 Å². The predicted molar refractivity (Wildman–Crippen MR) is 103 cm³/mol. The van der Waals surface area contributed by atoms with Gasteiger partial charge in [0.1, 0.15) is 11.4 Å². The van der Waals surface area contributed by atoms with E-state index in [0.717, 1.165) is 37.1 Å². The van der Waals surface area contributed by atoms with Crippen molar-refractivity contribution in [1.82, 2.24) is 9.88 Å². The van der Waals surface area contributed by atoms with Crippen LogP contribution in [0.4, 0.5) is 0 Å². The van der Waals surface area contributed by atoms with Crippen LogP contribution in [0, 0.1) is 13.8 Å². The van der Waals surface area contributed by atoms with Gasteiger partial charge in [0.05, 0.1) is 0 Å². The second kappa shape index (κ2) is 8.73. The van der Waals surface area contributed by atoms with E-state index >= 15 is 0 Å². The number of benzene rings is 1. The Morgan fingerprint density at radius 2 is 1.79 bits per heavy atom. The monoisotopic (exact) mass is 384 g/mol. The van der Waals surface area contributed by atoms with E-state index in [-0.39, 0.29) is 18.3 Å². The van der Waals surface area contributed by atoms with Crippen LogP contribution in [0.3, 0.4) is 0 Å². The largest absolute Gasteiger partial charge is 0.482 e. The van der Waals surface area contributed by atoms with Gasteiger partial charge in [0.15, 0.2) is 13.2 Å². The number of aromatic amines is 1. The molecule has 1 N–H and O–H groups in total. The van der Waals surface area contributed by atoms with Gasteiger partial charge in [-0.2, -0.15) is 0 Å². The number of likely N-dealkylation sites (tertiary alicyclic amines) is 1. The SMILES string of the molecule is Cc1ccc(OCC(=O)OCC(=O)c2c[nH]c(C(=O)N3CCCC3)c2)cc1C. The molecule has 148 valence electrons. The molecule has 1 aromatic heterocycles. The Kier molecular flexibility index (Phi) is 6.13. The molecule has 0 spiro atoms. The molecule has 1 saturated heterocycles. The highest BCUT2D eigenvalue weighted by Gasteiger charge is 2.22. The summed E-state index contributed by atoms with van der Waals surface area (Å²) in [7, 11) is 0. The summed E-state index contributed by atoms with van der Waals surface area (Å²) in [6.07, 6.45) is 3.46. The highest BCUT2D eigenvalue weighted by Crippen LogP contribution is 2.16. The molecule has 1 fully saturated rings. The van der Waals surface area contributed by atoms with E-state index < -0.39 is 12.6 Å². The lowest BCUT2D eigenvalue weighted by Crippen LogP contribution is -2.27. The number of aryl methyl sites for hydroxylation is 2. The fraction of sp³-hybridized carbons (Fsp3) is 0.381. The smallest absolute Gasteiger partial charge is 0.344 e. The molecule has 7 heteroatoms. The topological polar surface area (TPSA) is 88.7 Å². The molecule has 1 aromatic carbocycles. The number of amides is 1. The summed E-state index contributed by atoms with van der Waals surface area (Å²) in [6, 6.07) is 7.03. The molecule has 3 rings (SSSR count). The van der Waals surface area contributed by atoms with E-state index in [9.17, 15) is 14.4 Å². The van der Waals surface area contributed by atoms with Crippen molar-refractivity contribution < 1.29 is 23.9 Å². The highest BCUT2D eigenvalue weighted by molar-refractivity contribution is 6.01. The Morgan fingerprint density at radius 1 is 1.04 bits per heavy atom. The number of H-pyrrole nitrogens is 1. The second-order valence-electron chi connectivity index (χ2n) is 6.92. The van der Waals surface area contributed by atoms with Crippen molar-refractivity contribution in [3.8, 4) is 5.75 Å². The maximum Gasteiger partial charge on any atom is 0.344 e. The lowest BCUT2D eigenvalue weighted by Gasteiger charge is -2.13. The third-order valence-electron chi connectivity index (χ3n) is 4.83. The molecular formula is C21H24N2O5. The number of ketones is 1. The van der Waals surface area contributed by atoms with Gasteiger partial charge in [0.25, 0.3) is 5.91 Å². The Hall–Kier alpha value is -3.09. The van der Waals surface area contributed by atoms with Crippen LogP contribution in [0.2, 0.25) is 0 Å². The first-order valence-corrected chi connectivity index (χ1v) is 9.30. The predicted octanol–water partition coefficient (Wildman–Crippen LogP) is 2.67. The van der Waals surface area contributed by atoms with Crippen molar-refractivity contribution in [2.45, 2.75) is 26.7 Å². The molecule has 7 nitrogen and oxygen atoms in total. The van der Waals surface area contributed by atoms with Gasteiger partial charge in [-0.3, -0.25) is 9.59 Å². The van der Waals surface area contributed by atoms with Crippen LogP contribution in [0.5, 0.6) is 5.75 Å². The maximum absolute atomic E-state index is 12.3. The quantitative estimate of drug-likeness (QED) is 0.586. The minimum atomic E-state index is -0.629.